The lowest BCUT2D eigenvalue weighted by Gasteiger charge is -2.17. The molecular formula is C17H18OS. The topological polar surface area (TPSA) is 17.1 Å². The van der Waals surface area contributed by atoms with Crippen LogP contribution in [0.4, 0.5) is 0 Å². The molecule has 98 valence electrons. The van der Waals surface area contributed by atoms with Crippen molar-refractivity contribution in [2.75, 3.05) is 0 Å². The number of hydrogen-bond acceptors (Lipinski definition) is 2. The number of thioether (sulfide) groups is 1. The number of rotatable bonds is 2. The summed E-state index contributed by atoms with van der Waals surface area (Å²) in [7, 11) is 0. The first-order chi connectivity index (χ1) is 8.98. The molecule has 0 aromatic heterocycles. The van der Waals surface area contributed by atoms with Gasteiger partial charge in [0.2, 0.25) is 0 Å². The third-order valence-electron chi connectivity index (χ3n) is 2.79. The number of carbonyl (C=O) groups excluding carboxylic acids is 1. The molecule has 0 unspecified atom stereocenters. The summed E-state index contributed by atoms with van der Waals surface area (Å²) in [5.41, 5.74) is 1.94. The van der Waals surface area contributed by atoms with Gasteiger partial charge in [0.05, 0.1) is 0 Å². The molecule has 0 radical (unpaired) electrons. The molecule has 0 bridgehead atoms. The first-order valence-corrected chi connectivity index (χ1v) is 7.17. The second kappa shape index (κ2) is 5.62. The molecule has 0 saturated carbocycles. The highest BCUT2D eigenvalue weighted by atomic mass is 32.2. The van der Waals surface area contributed by atoms with Crippen LogP contribution in [0.25, 0.3) is 11.1 Å². The smallest absolute Gasteiger partial charge is 0.199 e. The van der Waals surface area contributed by atoms with Crippen LogP contribution < -0.4 is 0 Å². The van der Waals surface area contributed by atoms with E-state index in [1.54, 1.807) is 0 Å². The molecule has 0 amide bonds. The van der Waals surface area contributed by atoms with Crippen molar-refractivity contribution >= 4 is 16.9 Å². The van der Waals surface area contributed by atoms with Crippen LogP contribution >= 0.6 is 11.8 Å². The van der Waals surface area contributed by atoms with Crippen molar-refractivity contribution in [2.45, 2.75) is 25.7 Å². The highest BCUT2D eigenvalue weighted by Gasteiger charge is 2.23. The second-order valence-corrected chi connectivity index (χ2v) is 6.52. The maximum Gasteiger partial charge on any atom is 0.199 e. The van der Waals surface area contributed by atoms with Gasteiger partial charge in [-0.1, -0.05) is 81.1 Å². The predicted octanol–water partition coefficient (Wildman–Crippen LogP) is 5.02. The molecule has 1 nitrogen and oxygen atoms in total. The van der Waals surface area contributed by atoms with Gasteiger partial charge in [-0.05, 0) is 17.2 Å². The zero-order valence-corrected chi connectivity index (χ0v) is 12.3. The molecule has 0 aliphatic heterocycles. The lowest BCUT2D eigenvalue weighted by Crippen LogP contribution is -2.16. The third kappa shape index (κ3) is 3.48. The summed E-state index contributed by atoms with van der Waals surface area (Å²) in [6.45, 7) is 5.86. The van der Waals surface area contributed by atoms with Gasteiger partial charge in [0.15, 0.2) is 5.12 Å². The Bertz CT molecular complexity index is 567. The van der Waals surface area contributed by atoms with Crippen molar-refractivity contribution in [1.29, 1.82) is 0 Å². The largest absolute Gasteiger partial charge is 0.286 e. The van der Waals surface area contributed by atoms with Crippen LogP contribution in [0, 0.1) is 5.41 Å². The quantitative estimate of drug-likeness (QED) is 0.713. The maximum absolute atomic E-state index is 12.2. The minimum Gasteiger partial charge on any atom is -0.286 e. The van der Waals surface area contributed by atoms with Crippen LogP contribution in [0.3, 0.4) is 0 Å². The Morgan fingerprint density at radius 3 is 2.11 bits per heavy atom. The van der Waals surface area contributed by atoms with Gasteiger partial charge in [-0.3, -0.25) is 4.79 Å². The van der Waals surface area contributed by atoms with E-state index in [1.165, 1.54) is 11.8 Å². The first kappa shape index (κ1) is 13.9. The number of carbonyl (C=O) groups is 1. The summed E-state index contributed by atoms with van der Waals surface area (Å²) >= 11 is 1.33. The molecule has 2 aromatic carbocycles. The van der Waals surface area contributed by atoms with E-state index in [4.69, 9.17) is 0 Å². The van der Waals surface area contributed by atoms with E-state index in [-0.39, 0.29) is 10.5 Å². The molecule has 0 saturated heterocycles. The van der Waals surface area contributed by atoms with E-state index < -0.39 is 0 Å². The number of hydrogen-bond donors (Lipinski definition) is 0. The number of benzene rings is 2. The van der Waals surface area contributed by atoms with Crippen molar-refractivity contribution in [3.63, 3.8) is 0 Å². The van der Waals surface area contributed by atoms with Gasteiger partial charge in [0, 0.05) is 10.3 Å². The summed E-state index contributed by atoms with van der Waals surface area (Å²) in [6, 6.07) is 18.2. The molecule has 2 heteroatoms. The van der Waals surface area contributed by atoms with E-state index in [0.717, 1.165) is 16.0 Å². The second-order valence-electron chi connectivity index (χ2n) is 5.50. The Labute approximate surface area is 119 Å². The molecule has 2 aromatic rings. The fraction of sp³-hybridized carbons (Fsp3) is 0.235. The average molecular weight is 270 g/mol. The maximum atomic E-state index is 12.2. The van der Waals surface area contributed by atoms with Crippen molar-refractivity contribution < 1.29 is 4.79 Å². The van der Waals surface area contributed by atoms with Gasteiger partial charge >= 0.3 is 0 Å². The highest BCUT2D eigenvalue weighted by molar-refractivity contribution is 8.13. The van der Waals surface area contributed by atoms with E-state index in [1.807, 2.05) is 57.2 Å². The third-order valence-corrected chi connectivity index (χ3v) is 4.16. The molecule has 0 spiro atoms. The van der Waals surface area contributed by atoms with E-state index in [0.29, 0.717) is 0 Å². The Balaban J connectivity index is 2.35. The average Bonchev–Trinajstić information content (AvgIpc) is 2.39. The van der Waals surface area contributed by atoms with Crippen molar-refractivity contribution in [1.82, 2.24) is 0 Å². The fourth-order valence-corrected chi connectivity index (χ4v) is 2.61. The van der Waals surface area contributed by atoms with Crippen LogP contribution in [0.15, 0.2) is 59.5 Å². The molecule has 0 aliphatic rings. The zero-order chi connectivity index (χ0) is 13.9. The first-order valence-electron chi connectivity index (χ1n) is 6.35. The normalized spacial score (nSPS) is 11.3. The molecule has 0 fully saturated rings. The molecular weight excluding hydrogens is 252 g/mol. The van der Waals surface area contributed by atoms with Crippen molar-refractivity contribution in [3.05, 3.63) is 54.6 Å². The summed E-state index contributed by atoms with van der Waals surface area (Å²) in [4.78, 5) is 13.2. The lowest BCUT2D eigenvalue weighted by atomic mass is 10.00. The van der Waals surface area contributed by atoms with Crippen molar-refractivity contribution in [3.8, 4) is 11.1 Å². The summed E-state index contributed by atoms with van der Waals surface area (Å²) in [6.07, 6.45) is 0. The van der Waals surface area contributed by atoms with Crippen LogP contribution in [0.2, 0.25) is 0 Å². The molecule has 0 N–H and O–H groups in total. The summed E-state index contributed by atoms with van der Waals surface area (Å²) in [5.74, 6) is 0. The van der Waals surface area contributed by atoms with Gasteiger partial charge in [-0.15, -0.1) is 0 Å². The monoisotopic (exact) mass is 270 g/mol. The van der Waals surface area contributed by atoms with Gasteiger partial charge in [-0.25, -0.2) is 0 Å². The van der Waals surface area contributed by atoms with Crippen LogP contribution in [-0.2, 0) is 4.79 Å². The van der Waals surface area contributed by atoms with Crippen molar-refractivity contribution in [2.24, 2.45) is 5.41 Å². The Hall–Kier alpha value is -1.54. The Morgan fingerprint density at radius 1 is 0.895 bits per heavy atom. The van der Waals surface area contributed by atoms with E-state index >= 15 is 0 Å². The molecule has 0 aliphatic carbocycles. The molecule has 0 heterocycles. The molecule has 0 atom stereocenters. The Morgan fingerprint density at radius 2 is 1.47 bits per heavy atom. The molecule has 19 heavy (non-hydrogen) atoms. The summed E-state index contributed by atoms with van der Waals surface area (Å²) < 4.78 is 0. The SMILES string of the molecule is CC(C)(C)C(=O)Sc1ccccc1-c1ccccc1. The standard InChI is InChI=1S/C17H18OS/c1-17(2,3)16(18)19-15-12-8-7-11-14(15)13-9-5-4-6-10-13/h4-12H,1-3H3. The van der Waals surface area contributed by atoms with Gasteiger partial charge < -0.3 is 0 Å². The van der Waals surface area contributed by atoms with Gasteiger partial charge in [0.25, 0.3) is 0 Å². The van der Waals surface area contributed by atoms with Crippen LogP contribution in [0.5, 0.6) is 0 Å². The minimum atomic E-state index is -0.325. The van der Waals surface area contributed by atoms with E-state index in [9.17, 15) is 4.79 Å². The minimum absolute atomic E-state index is 0.191. The zero-order valence-electron chi connectivity index (χ0n) is 11.5. The van der Waals surface area contributed by atoms with E-state index in [2.05, 4.69) is 18.2 Å². The predicted molar refractivity (Wildman–Crippen MR) is 82.2 cm³/mol. The van der Waals surface area contributed by atoms with Crippen LogP contribution in [0.1, 0.15) is 20.8 Å². The van der Waals surface area contributed by atoms with Gasteiger partial charge in [0.1, 0.15) is 0 Å². The lowest BCUT2D eigenvalue weighted by molar-refractivity contribution is -0.117. The van der Waals surface area contributed by atoms with Gasteiger partial charge in [-0.2, -0.15) is 0 Å². The summed E-state index contributed by atoms with van der Waals surface area (Å²) in [5, 5.41) is 0.191. The fourth-order valence-electron chi connectivity index (χ4n) is 1.66. The van der Waals surface area contributed by atoms with Crippen LogP contribution in [-0.4, -0.2) is 5.12 Å². The molecule has 2 rings (SSSR count). The Kier molecular flexibility index (Phi) is 4.11. The highest BCUT2D eigenvalue weighted by Crippen LogP contribution is 2.35.